The second kappa shape index (κ2) is 19.3. The summed E-state index contributed by atoms with van der Waals surface area (Å²) in [6.07, 6.45) is 10.7. The molecular weight excluding hydrogens is 632 g/mol. The second-order valence-corrected chi connectivity index (χ2v) is 13.8. The maximum atomic E-state index is 12.2. The van der Waals surface area contributed by atoms with Crippen molar-refractivity contribution in [2.45, 2.75) is 78.1 Å². The largest absolute Gasteiger partial charge is 0.486 e. The molecule has 0 atom stereocenters. The Balaban J connectivity index is 1.39. The Morgan fingerprint density at radius 3 is 1.90 bits per heavy atom. The number of aliphatic hydroxyl groups is 2. The van der Waals surface area contributed by atoms with E-state index in [1.807, 2.05) is 12.1 Å². The molecule has 0 aromatic heterocycles. The molecule has 270 valence electrons. The average molecular weight is 687 g/mol. The maximum Gasteiger partial charge on any atom is 0.335 e. The van der Waals surface area contributed by atoms with Crippen molar-refractivity contribution in [1.29, 1.82) is 0 Å². The molecule has 3 aromatic rings. The fourth-order valence-electron chi connectivity index (χ4n) is 6.19. The highest BCUT2D eigenvalue weighted by Gasteiger charge is 2.28. The van der Waals surface area contributed by atoms with Gasteiger partial charge in [-0.3, -0.25) is 4.79 Å². The number of rotatable bonds is 19. The molecular formula is C42H54O8. The Hall–Kier alpha value is -4.14. The number of ether oxygens (including phenoxy) is 4. The van der Waals surface area contributed by atoms with Gasteiger partial charge in [-0.2, -0.15) is 0 Å². The molecule has 0 amide bonds. The topological polar surface area (TPSA) is 112 Å². The monoisotopic (exact) mass is 686 g/mol. The molecule has 0 unspecified atom stereocenters. The Morgan fingerprint density at radius 1 is 0.740 bits per heavy atom. The molecule has 0 aliphatic heterocycles. The van der Waals surface area contributed by atoms with E-state index in [0.29, 0.717) is 17.4 Å². The third kappa shape index (κ3) is 11.2. The number of carbonyl (C=O) groups is 2. The maximum absolute atomic E-state index is 12.2. The van der Waals surface area contributed by atoms with Crippen LogP contribution in [0.4, 0.5) is 0 Å². The quantitative estimate of drug-likeness (QED) is 0.0737. The van der Waals surface area contributed by atoms with Crippen molar-refractivity contribution in [3.63, 3.8) is 0 Å². The van der Waals surface area contributed by atoms with Gasteiger partial charge in [-0.05, 0) is 91.3 Å². The van der Waals surface area contributed by atoms with Gasteiger partial charge in [-0.1, -0.05) is 93.8 Å². The van der Waals surface area contributed by atoms with Crippen LogP contribution in [0.2, 0.25) is 0 Å². The van der Waals surface area contributed by atoms with Crippen molar-refractivity contribution in [3.05, 3.63) is 84.4 Å². The summed E-state index contributed by atoms with van der Waals surface area (Å²) in [6, 6.07) is 23.0. The van der Waals surface area contributed by atoms with E-state index >= 15 is 0 Å². The van der Waals surface area contributed by atoms with Crippen LogP contribution in [0.3, 0.4) is 0 Å². The van der Waals surface area contributed by atoms with Crippen LogP contribution in [0.25, 0.3) is 22.3 Å². The van der Waals surface area contributed by atoms with Crippen molar-refractivity contribution < 1.29 is 38.7 Å². The van der Waals surface area contributed by atoms with Gasteiger partial charge in [-0.15, -0.1) is 0 Å². The number of benzene rings is 3. The number of hydrogen-bond acceptors (Lipinski definition) is 8. The van der Waals surface area contributed by atoms with Crippen LogP contribution in [0.15, 0.2) is 78.9 Å². The summed E-state index contributed by atoms with van der Waals surface area (Å²) in [4.78, 5) is 24.0. The molecule has 3 aromatic carbocycles. The van der Waals surface area contributed by atoms with Gasteiger partial charge in [0.15, 0.2) is 11.5 Å². The molecule has 8 nitrogen and oxygen atoms in total. The molecule has 0 bridgehead atoms. The molecule has 0 saturated heterocycles. The van der Waals surface area contributed by atoms with E-state index in [9.17, 15) is 14.7 Å². The molecule has 8 heteroatoms. The van der Waals surface area contributed by atoms with Crippen molar-refractivity contribution in [3.8, 4) is 33.8 Å². The highest BCUT2D eigenvalue weighted by molar-refractivity contribution is 5.87. The lowest BCUT2D eigenvalue weighted by Gasteiger charge is -2.29. The summed E-state index contributed by atoms with van der Waals surface area (Å²) in [7, 11) is 0. The predicted molar refractivity (Wildman–Crippen MR) is 196 cm³/mol. The van der Waals surface area contributed by atoms with Crippen molar-refractivity contribution in [1.82, 2.24) is 0 Å². The van der Waals surface area contributed by atoms with Crippen molar-refractivity contribution >= 4 is 11.9 Å². The van der Waals surface area contributed by atoms with Gasteiger partial charge in [0, 0.05) is 0 Å². The molecule has 0 heterocycles. The third-order valence-electron chi connectivity index (χ3n) is 9.52. The summed E-state index contributed by atoms with van der Waals surface area (Å²) in [5.74, 6) is 1.22. The van der Waals surface area contributed by atoms with E-state index in [4.69, 9.17) is 24.1 Å². The molecule has 1 aliphatic carbocycles. The normalized spacial score (nSPS) is 16.0. The van der Waals surface area contributed by atoms with E-state index in [0.717, 1.165) is 22.6 Å². The minimum atomic E-state index is -1.000. The third-order valence-corrected chi connectivity index (χ3v) is 9.52. The molecule has 1 fully saturated rings. The molecule has 0 radical (unpaired) electrons. The fourth-order valence-corrected chi connectivity index (χ4v) is 6.19. The minimum Gasteiger partial charge on any atom is -0.486 e. The van der Waals surface area contributed by atoms with Crippen molar-refractivity contribution in [2.24, 2.45) is 11.3 Å². The van der Waals surface area contributed by atoms with Gasteiger partial charge >= 0.3 is 11.9 Å². The smallest absolute Gasteiger partial charge is 0.335 e. The van der Waals surface area contributed by atoms with Crippen LogP contribution in [0.1, 0.15) is 83.6 Å². The molecule has 0 spiro atoms. The van der Waals surface area contributed by atoms with Gasteiger partial charge < -0.3 is 29.2 Å². The lowest BCUT2D eigenvalue weighted by Crippen LogP contribution is -2.31. The van der Waals surface area contributed by atoms with E-state index < -0.39 is 24.0 Å². The first kappa shape index (κ1) is 38.7. The van der Waals surface area contributed by atoms with Crippen LogP contribution >= 0.6 is 0 Å². The van der Waals surface area contributed by atoms with Crippen LogP contribution in [-0.2, 0) is 19.1 Å². The lowest BCUT2D eigenvalue weighted by molar-refractivity contribution is -0.156. The summed E-state index contributed by atoms with van der Waals surface area (Å²) in [6.45, 7) is 8.20. The van der Waals surface area contributed by atoms with Crippen LogP contribution in [0, 0.1) is 11.3 Å². The van der Waals surface area contributed by atoms with Gasteiger partial charge in [0.2, 0.25) is 0 Å². The predicted octanol–water partition coefficient (Wildman–Crippen LogP) is 8.29. The van der Waals surface area contributed by atoms with Crippen LogP contribution < -0.4 is 9.47 Å². The first-order valence-electron chi connectivity index (χ1n) is 18.0. The van der Waals surface area contributed by atoms with Crippen LogP contribution in [-0.4, -0.2) is 61.8 Å². The molecule has 4 rings (SSSR count). The molecule has 1 aliphatic rings. The van der Waals surface area contributed by atoms with E-state index in [1.54, 1.807) is 19.9 Å². The van der Waals surface area contributed by atoms with E-state index in [-0.39, 0.29) is 38.6 Å². The van der Waals surface area contributed by atoms with Gasteiger partial charge in [0.05, 0.1) is 24.2 Å². The first-order chi connectivity index (χ1) is 24.1. The zero-order chi connectivity index (χ0) is 35.9. The number of aliphatic hydroxyl groups excluding tert-OH is 2. The zero-order valence-corrected chi connectivity index (χ0v) is 30.0. The number of carbonyl (C=O) groups excluding carboxylic acids is 2. The van der Waals surface area contributed by atoms with E-state index in [2.05, 4.69) is 62.0 Å². The number of unbranched alkanes of at least 4 members (excludes halogenated alkanes) is 2. The molecule has 2 N–H and O–H groups in total. The highest BCUT2D eigenvalue weighted by atomic mass is 16.6. The Bertz CT molecular complexity index is 1520. The zero-order valence-electron chi connectivity index (χ0n) is 30.0. The van der Waals surface area contributed by atoms with Gasteiger partial charge in [-0.25, -0.2) is 4.79 Å². The number of esters is 2. The Morgan fingerprint density at radius 2 is 1.30 bits per heavy atom. The summed E-state index contributed by atoms with van der Waals surface area (Å²) in [5, 5.41) is 18.5. The summed E-state index contributed by atoms with van der Waals surface area (Å²) in [5.41, 5.74) is 4.63. The average Bonchev–Trinajstić information content (AvgIpc) is 3.15. The van der Waals surface area contributed by atoms with E-state index in [1.165, 1.54) is 62.5 Å². The van der Waals surface area contributed by atoms with Gasteiger partial charge in [0.1, 0.15) is 26.4 Å². The summed E-state index contributed by atoms with van der Waals surface area (Å²) < 4.78 is 22.2. The SMILES string of the molecule is C=C(CO)C(=O)OCCOc1cc(-c2ccc(-c3ccc(C4CCC(CCCCC)CC4)cc3)cc2)ccc1OCCOC(=O)C(C)(C)CO. The lowest BCUT2D eigenvalue weighted by atomic mass is 9.77. The minimum absolute atomic E-state index is 0.00692. The van der Waals surface area contributed by atoms with Crippen LogP contribution in [0.5, 0.6) is 11.5 Å². The number of hydrogen-bond donors (Lipinski definition) is 2. The molecule has 1 saturated carbocycles. The highest BCUT2D eigenvalue weighted by Crippen LogP contribution is 2.39. The fraction of sp³-hybridized carbons (Fsp3) is 0.476. The Kier molecular flexibility index (Phi) is 14.9. The second-order valence-electron chi connectivity index (χ2n) is 13.8. The standard InChI is InChI=1S/C42H54O8/c1-5-6-7-8-31-9-11-32(12-10-31)33-13-15-34(16-14-33)35-17-19-36(20-18-35)37-21-22-38(47-24-26-50-41(46)42(3,4)29-44)39(27-37)48-23-25-49-40(45)30(2)28-43/h13-22,27,31-32,43-44H,2,5-12,23-26,28-29H2,1,3-4H3. The first-order valence-corrected chi connectivity index (χ1v) is 18.0. The van der Waals surface area contributed by atoms with Crippen molar-refractivity contribution in [2.75, 3.05) is 39.6 Å². The summed E-state index contributed by atoms with van der Waals surface area (Å²) >= 11 is 0. The Labute approximate surface area is 297 Å². The molecule has 50 heavy (non-hydrogen) atoms. The van der Waals surface area contributed by atoms with Gasteiger partial charge in [0.25, 0.3) is 0 Å².